The Hall–Kier alpha value is -2.36. The number of aromatic amines is 1. The fourth-order valence-corrected chi connectivity index (χ4v) is 3.62. The molecule has 2 aromatic heterocycles. The molecule has 2 heterocycles. The first-order valence-corrected chi connectivity index (χ1v) is 9.01. The minimum absolute atomic E-state index is 0.152. The smallest absolute Gasteiger partial charge is 0.260 e. The first kappa shape index (κ1) is 18.4. The van der Waals surface area contributed by atoms with Gasteiger partial charge in [-0.15, -0.1) is 6.58 Å². The fourth-order valence-electron chi connectivity index (χ4n) is 2.28. The maximum atomic E-state index is 13.8. The second-order valence-corrected chi connectivity index (χ2v) is 7.09. The number of allylic oxidation sites excluding steroid dienone is 1. The number of nitrogens with one attached hydrogen (secondary N) is 2. The maximum Gasteiger partial charge on any atom is 0.260 e. The molecule has 0 atom stereocenters. The molecule has 0 spiro atoms. The molecular formula is C16H13ClFN5OS2. The molecule has 3 aromatic rings. The highest BCUT2D eigenvalue weighted by Gasteiger charge is 2.19. The molecule has 2 N–H and O–H groups in total. The van der Waals surface area contributed by atoms with Gasteiger partial charge in [0, 0.05) is 11.6 Å². The van der Waals surface area contributed by atoms with Crippen LogP contribution < -0.4 is 5.32 Å². The predicted molar refractivity (Wildman–Crippen MR) is 103 cm³/mol. The fraction of sp³-hybridized carbons (Fsp3) is 0.125. The van der Waals surface area contributed by atoms with E-state index in [9.17, 15) is 9.18 Å². The van der Waals surface area contributed by atoms with Crippen LogP contribution in [0.4, 0.5) is 9.52 Å². The van der Waals surface area contributed by atoms with Gasteiger partial charge in [-0.1, -0.05) is 29.0 Å². The number of aryl methyl sites for hydroxylation is 1. The number of carbonyl (C=O) groups is 1. The predicted octanol–water partition coefficient (Wildman–Crippen LogP) is 4.60. The van der Waals surface area contributed by atoms with E-state index in [0.717, 1.165) is 10.9 Å². The van der Waals surface area contributed by atoms with Crippen LogP contribution in [0, 0.1) is 17.5 Å². The lowest BCUT2D eigenvalue weighted by atomic mass is 10.2. The third-order valence-electron chi connectivity index (χ3n) is 3.46. The Balaban J connectivity index is 1.92. The highest BCUT2D eigenvalue weighted by molar-refractivity contribution is 7.71. The summed E-state index contributed by atoms with van der Waals surface area (Å²) in [7, 11) is 0. The van der Waals surface area contributed by atoms with Crippen LogP contribution in [0.5, 0.6) is 0 Å². The monoisotopic (exact) mass is 409 g/mol. The summed E-state index contributed by atoms with van der Waals surface area (Å²) in [6, 6.07) is 3.78. The molecule has 0 bridgehead atoms. The average molecular weight is 410 g/mol. The molecule has 10 heteroatoms. The van der Waals surface area contributed by atoms with Gasteiger partial charge in [0.25, 0.3) is 5.91 Å². The molecule has 26 heavy (non-hydrogen) atoms. The van der Waals surface area contributed by atoms with Crippen molar-refractivity contribution in [2.45, 2.75) is 13.5 Å². The third kappa shape index (κ3) is 3.59. The molecule has 3 rings (SSSR count). The van der Waals surface area contributed by atoms with E-state index in [2.05, 4.69) is 27.1 Å². The van der Waals surface area contributed by atoms with E-state index in [-0.39, 0.29) is 10.6 Å². The molecule has 134 valence electrons. The number of halogens is 2. The van der Waals surface area contributed by atoms with Crippen LogP contribution in [0.25, 0.3) is 10.7 Å². The molecule has 0 fully saturated rings. The maximum absolute atomic E-state index is 13.8. The highest BCUT2D eigenvalue weighted by Crippen LogP contribution is 2.32. The number of rotatable bonds is 5. The van der Waals surface area contributed by atoms with Crippen molar-refractivity contribution in [3.05, 3.63) is 57.7 Å². The SMILES string of the molecule is C=CCn1c(-c2sc(NC(=O)c3cc(Cl)ccc3F)nc2C)n[nH]c1=S. The van der Waals surface area contributed by atoms with Gasteiger partial charge in [-0.25, -0.2) is 9.37 Å². The van der Waals surface area contributed by atoms with Crippen LogP contribution in [0.3, 0.4) is 0 Å². The molecule has 6 nitrogen and oxygen atoms in total. The first-order valence-electron chi connectivity index (χ1n) is 7.41. The standard InChI is InChI=1S/C16H13ClFN5OS2/c1-3-6-23-13(21-22-16(23)25)12-8(2)19-15(26-12)20-14(24)10-7-9(17)4-5-11(10)18/h3-5,7H,1,6H2,2H3,(H,22,25)(H,19,20,24). The number of amides is 1. The quantitative estimate of drug-likeness (QED) is 0.477. The second kappa shape index (κ2) is 7.48. The van der Waals surface area contributed by atoms with Gasteiger partial charge in [0.1, 0.15) is 5.82 Å². The van der Waals surface area contributed by atoms with Gasteiger partial charge >= 0.3 is 0 Å². The molecule has 1 amide bonds. The number of hydrogen-bond donors (Lipinski definition) is 2. The summed E-state index contributed by atoms with van der Waals surface area (Å²) in [5, 5.41) is 10.1. The van der Waals surface area contributed by atoms with Gasteiger partial charge in [-0.05, 0) is 37.3 Å². The summed E-state index contributed by atoms with van der Waals surface area (Å²) in [6.07, 6.45) is 1.70. The van der Waals surface area contributed by atoms with Crippen LogP contribution >= 0.6 is 35.2 Å². The largest absolute Gasteiger partial charge is 0.298 e. The molecule has 0 saturated carbocycles. The van der Waals surface area contributed by atoms with Crippen molar-refractivity contribution in [2.24, 2.45) is 0 Å². The molecule has 0 radical (unpaired) electrons. The van der Waals surface area contributed by atoms with Gasteiger partial charge in [0.05, 0.1) is 16.1 Å². The van der Waals surface area contributed by atoms with Crippen LogP contribution in [-0.4, -0.2) is 25.7 Å². The van der Waals surface area contributed by atoms with Crippen molar-refractivity contribution >= 4 is 46.2 Å². The third-order valence-corrected chi connectivity index (χ3v) is 5.08. The van der Waals surface area contributed by atoms with Crippen LogP contribution in [0.1, 0.15) is 16.1 Å². The molecular weight excluding hydrogens is 397 g/mol. The van der Waals surface area contributed by atoms with E-state index in [0.29, 0.717) is 28.0 Å². The van der Waals surface area contributed by atoms with E-state index in [4.69, 9.17) is 23.8 Å². The lowest BCUT2D eigenvalue weighted by Gasteiger charge is -2.03. The number of hydrogen-bond acceptors (Lipinski definition) is 5. The zero-order chi connectivity index (χ0) is 18.8. The number of nitrogens with zero attached hydrogens (tertiary/aromatic N) is 3. The lowest BCUT2D eigenvalue weighted by Crippen LogP contribution is -2.13. The normalized spacial score (nSPS) is 10.7. The van der Waals surface area contributed by atoms with Gasteiger partial charge < -0.3 is 0 Å². The zero-order valence-corrected chi connectivity index (χ0v) is 15.9. The number of H-pyrrole nitrogens is 1. The summed E-state index contributed by atoms with van der Waals surface area (Å²) in [6.45, 7) is 5.98. The summed E-state index contributed by atoms with van der Waals surface area (Å²) in [5.74, 6) is -0.693. The van der Waals surface area contributed by atoms with Gasteiger partial charge in [0.15, 0.2) is 15.7 Å². The van der Waals surface area contributed by atoms with E-state index in [1.165, 1.54) is 23.5 Å². The van der Waals surface area contributed by atoms with Gasteiger partial charge in [-0.3, -0.25) is 19.8 Å². The zero-order valence-electron chi connectivity index (χ0n) is 13.5. The van der Waals surface area contributed by atoms with Crippen LogP contribution in [0.2, 0.25) is 5.02 Å². The Morgan fingerprint density at radius 1 is 1.58 bits per heavy atom. The Labute approximate surface area is 162 Å². The summed E-state index contributed by atoms with van der Waals surface area (Å²) in [5.41, 5.74) is 0.511. The minimum atomic E-state index is -0.660. The van der Waals surface area contributed by atoms with E-state index in [1.807, 2.05) is 0 Å². The molecule has 0 aliphatic heterocycles. The Morgan fingerprint density at radius 3 is 3.08 bits per heavy atom. The van der Waals surface area contributed by atoms with E-state index in [1.54, 1.807) is 17.6 Å². The van der Waals surface area contributed by atoms with Crippen LogP contribution in [0.15, 0.2) is 30.9 Å². The number of anilines is 1. The van der Waals surface area contributed by atoms with Crippen molar-refractivity contribution in [3.63, 3.8) is 0 Å². The van der Waals surface area contributed by atoms with Crippen molar-refractivity contribution in [1.29, 1.82) is 0 Å². The lowest BCUT2D eigenvalue weighted by molar-refractivity contribution is 0.102. The topological polar surface area (TPSA) is 75.6 Å². The van der Waals surface area contributed by atoms with E-state index >= 15 is 0 Å². The number of benzene rings is 1. The van der Waals surface area contributed by atoms with Crippen LogP contribution in [-0.2, 0) is 6.54 Å². The summed E-state index contributed by atoms with van der Waals surface area (Å²) < 4.78 is 16.1. The molecule has 1 aromatic carbocycles. The number of carbonyl (C=O) groups excluding carboxylic acids is 1. The van der Waals surface area contributed by atoms with Gasteiger partial charge in [0.2, 0.25) is 0 Å². The second-order valence-electron chi connectivity index (χ2n) is 5.26. The molecule has 0 aliphatic carbocycles. The minimum Gasteiger partial charge on any atom is -0.298 e. The average Bonchev–Trinajstić information content (AvgIpc) is 3.13. The Morgan fingerprint density at radius 2 is 2.35 bits per heavy atom. The van der Waals surface area contributed by atoms with Crippen molar-refractivity contribution in [2.75, 3.05) is 5.32 Å². The van der Waals surface area contributed by atoms with Crippen molar-refractivity contribution < 1.29 is 9.18 Å². The van der Waals surface area contributed by atoms with Crippen molar-refractivity contribution in [1.82, 2.24) is 19.7 Å². The Bertz CT molecular complexity index is 1060. The van der Waals surface area contributed by atoms with Crippen molar-refractivity contribution in [3.8, 4) is 10.7 Å². The Kier molecular flexibility index (Phi) is 5.30. The van der Waals surface area contributed by atoms with E-state index < -0.39 is 11.7 Å². The summed E-state index contributed by atoms with van der Waals surface area (Å²) >= 11 is 12.3. The molecule has 0 unspecified atom stereocenters. The summed E-state index contributed by atoms with van der Waals surface area (Å²) in [4.78, 5) is 17.4. The highest BCUT2D eigenvalue weighted by atomic mass is 35.5. The number of thiazole rings is 1. The van der Waals surface area contributed by atoms with Gasteiger partial charge in [-0.2, -0.15) is 5.10 Å². The molecule has 0 saturated heterocycles. The number of aromatic nitrogens is 4. The first-order chi connectivity index (χ1) is 12.4. The molecule has 0 aliphatic rings.